The van der Waals surface area contributed by atoms with Gasteiger partial charge >= 0.3 is 0 Å². The van der Waals surface area contributed by atoms with Gasteiger partial charge in [0.05, 0.1) is 7.11 Å². The van der Waals surface area contributed by atoms with Crippen LogP contribution in [0.2, 0.25) is 0 Å². The third-order valence-electron chi connectivity index (χ3n) is 5.20. The van der Waals surface area contributed by atoms with Crippen LogP contribution < -0.4 is 20.3 Å². The van der Waals surface area contributed by atoms with Gasteiger partial charge in [0.15, 0.2) is 5.69 Å². The van der Waals surface area contributed by atoms with Crippen molar-refractivity contribution in [2.75, 3.05) is 31.6 Å². The largest absolute Gasteiger partial charge is 0.497 e. The number of carbonyl (C=O) groups excluding carboxylic acids is 1. The van der Waals surface area contributed by atoms with Crippen LogP contribution in [0.4, 0.5) is 5.69 Å². The highest BCUT2D eigenvalue weighted by molar-refractivity contribution is 5.94. The number of H-pyrrole nitrogens is 1. The highest BCUT2D eigenvalue weighted by Crippen LogP contribution is 2.24. The number of benzene rings is 1. The molecule has 7 nitrogen and oxygen atoms in total. The van der Waals surface area contributed by atoms with E-state index in [-0.39, 0.29) is 24.4 Å². The molecule has 1 aromatic carbocycles. The van der Waals surface area contributed by atoms with Gasteiger partial charge in [0.1, 0.15) is 5.75 Å². The number of piperidine rings is 1. The molecular formula is C19H26ClN5O2. The van der Waals surface area contributed by atoms with Gasteiger partial charge in [-0.3, -0.25) is 9.89 Å². The molecule has 8 heteroatoms. The lowest BCUT2D eigenvalue weighted by Gasteiger charge is -2.34. The first-order valence-corrected chi connectivity index (χ1v) is 9.21. The van der Waals surface area contributed by atoms with E-state index < -0.39 is 0 Å². The summed E-state index contributed by atoms with van der Waals surface area (Å²) < 4.78 is 5.32. The summed E-state index contributed by atoms with van der Waals surface area (Å²) in [5, 5.41) is 13.8. The van der Waals surface area contributed by atoms with Gasteiger partial charge in [0.25, 0.3) is 5.91 Å². The molecule has 2 aromatic rings. The van der Waals surface area contributed by atoms with Crippen LogP contribution in [0, 0.1) is 0 Å². The van der Waals surface area contributed by atoms with Crippen molar-refractivity contribution in [3.05, 3.63) is 41.2 Å². The number of ether oxygens (including phenoxy) is 1. The molecule has 0 spiro atoms. The number of carbonyl (C=O) groups is 1. The van der Waals surface area contributed by atoms with Crippen LogP contribution in [0.3, 0.4) is 0 Å². The van der Waals surface area contributed by atoms with Crippen LogP contribution in [0.25, 0.3) is 0 Å². The molecule has 3 N–H and O–H groups in total. The van der Waals surface area contributed by atoms with Gasteiger partial charge in [-0.1, -0.05) is 6.07 Å². The monoisotopic (exact) mass is 391 g/mol. The number of aromatic amines is 1. The van der Waals surface area contributed by atoms with Crippen molar-refractivity contribution in [2.45, 2.75) is 31.8 Å². The number of hydrogen-bond acceptors (Lipinski definition) is 5. The van der Waals surface area contributed by atoms with Crippen LogP contribution in [0.1, 0.15) is 34.6 Å². The molecule has 1 unspecified atom stereocenters. The Bertz CT molecular complexity index is 794. The number of halogens is 1. The summed E-state index contributed by atoms with van der Waals surface area (Å²) in [4.78, 5) is 15.0. The minimum absolute atomic E-state index is 0. The van der Waals surface area contributed by atoms with Crippen LogP contribution >= 0.6 is 12.4 Å². The van der Waals surface area contributed by atoms with E-state index in [1.54, 1.807) is 7.11 Å². The predicted molar refractivity (Wildman–Crippen MR) is 107 cm³/mol. The second-order valence-corrected chi connectivity index (χ2v) is 6.92. The molecule has 1 saturated heterocycles. The molecule has 1 atom stereocenters. The number of nitrogens with zero attached hydrogens (tertiary/aromatic N) is 2. The molecule has 0 radical (unpaired) electrons. The summed E-state index contributed by atoms with van der Waals surface area (Å²) in [6.07, 6.45) is 2.92. The van der Waals surface area contributed by atoms with Crippen molar-refractivity contribution in [2.24, 2.45) is 0 Å². The Labute approximate surface area is 165 Å². The molecular weight excluding hydrogens is 366 g/mol. The summed E-state index contributed by atoms with van der Waals surface area (Å²) in [5.41, 5.74) is 3.75. The summed E-state index contributed by atoms with van der Waals surface area (Å²) in [7, 11) is 1.68. The molecule has 0 bridgehead atoms. The first kappa shape index (κ1) is 19.5. The van der Waals surface area contributed by atoms with E-state index in [9.17, 15) is 4.79 Å². The Hall–Kier alpha value is -2.25. The first-order chi connectivity index (χ1) is 12.7. The fourth-order valence-corrected chi connectivity index (χ4v) is 3.80. The van der Waals surface area contributed by atoms with Crippen LogP contribution in [0.15, 0.2) is 24.3 Å². The number of anilines is 1. The van der Waals surface area contributed by atoms with Crippen LogP contribution in [0.5, 0.6) is 5.75 Å². The highest BCUT2D eigenvalue weighted by atomic mass is 35.5. The maximum Gasteiger partial charge on any atom is 0.272 e. The Morgan fingerprint density at radius 3 is 3.15 bits per heavy atom. The van der Waals surface area contributed by atoms with E-state index in [0.29, 0.717) is 12.2 Å². The average Bonchev–Trinajstić information content (AvgIpc) is 3.12. The number of methoxy groups -OCH3 is 1. The smallest absolute Gasteiger partial charge is 0.272 e. The molecule has 4 rings (SSSR count). The van der Waals surface area contributed by atoms with Gasteiger partial charge in [-0.25, -0.2) is 0 Å². The quantitative estimate of drug-likeness (QED) is 0.741. The second-order valence-electron chi connectivity index (χ2n) is 6.92. The second kappa shape index (κ2) is 8.63. The maximum atomic E-state index is 12.7. The highest BCUT2D eigenvalue weighted by Gasteiger charge is 2.26. The number of rotatable bonds is 4. The van der Waals surface area contributed by atoms with Crippen molar-refractivity contribution in [1.29, 1.82) is 0 Å². The molecule has 146 valence electrons. The zero-order valence-electron chi connectivity index (χ0n) is 15.5. The van der Waals surface area contributed by atoms with Gasteiger partial charge in [-0.15, -0.1) is 12.4 Å². The van der Waals surface area contributed by atoms with Gasteiger partial charge in [-0.05, 0) is 25.0 Å². The molecule has 0 saturated carbocycles. The molecule has 1 aromatic heterocycles. The Morgan fingerprint density at radius 2 is 2.30 bits per heavy atom. The number of hydrogen-bond donors (Lipinski definition) is 3. The lowest BCUT2D eigenvalue weighted by atomic mass is 10.0. The molecule has 27 heavy (non-hydrogen) atoms. The van der Waals surface area contributed by atoms with Crippen molar-refractivity contribution < 1.29 is 9.53 Å². The fourth-order valence-electron chi connectivity index (χ4n) is 3.80. The standard InChI is InChI=1S/C19H25N5O2.ClH/c1-26-15-6-2-5-14(10-15)24-9-3-4-13(12-24)21-19(25)18-16-11-20-8-7-17(16)22-23-18;/h2,5-6,10,13,20H,3-4,7-9,11-12H2,1H3,(H,21,25)(H,22,23);1H. The summed E-state index contributed by atoms with van der Waals surface area (Å²) in [6, 6.07) is 8.19. The van der Waals surface area contributed by atoms with E-state index in [0.717, 1.165) is 61.6 Å². The Balaban J connectivity index is 0.00000210. The number of fused-ring (bicyclic) bond motifs is 1. The van der Waals surface area contributed by atoms with Gasteiger partial charge in [0, 0.05) is 61.7 Å². The molecule has 2 aliphatic heterocycles. The lowest BCUT2D eigenvalue weighted by Crippen LogP contribution is -2.48. The normalized spacial score (nSPS) is 19.0. The van der Waals surface area contributed by atoms with Crippen LogP contribution in [-0.4, -0.2) is 48.9 Å². The third kappa shape index (κ3) is 4.20. The summed E-state index contributed by atoms with van der Waals surface area (Å²) in [5.74, 6) is 0.771. The molecule has 1 amide bonds. The molecule has 0 aliphatic carbocycles. The van der Waals surface area contributed by atoms with E-state index >= 15 is 0 Å². The first-order valence-electron chi connectivity index (χ1n) is 9.21. The molecule has 3 heterocycles. The van der Waals surface area contributed by atoms with Crippen molar-refractivity contribution in [3.63, 3.8) is 0 Å². The average molecular weight is 392 g/mol. The van der Waals surface area contributed by atoms with Gasteiger partial charge < -0.3 is 20.3 Å². The van der Waals surface area contributed by atoms with Crippen LogP contribution in [-0.2, 0) is 13.0 Å². The van der Waals surface area contributed by atoms with Crippen molar-refractivity contribution in [3.8, 4) is 5.75 Å². The van der Waals surface area contributed by atoms with E-state index in [1.165, 1.54) is 0 Å². The SMILES string of the molecule is COc1cccc(N2CCCC(NC(=O)c3n[nH]c4c3CNCC4)C2)c1.Cl. The van der Waals surface area contributed by atoms with E-state index in [2.05, 4.69) is 31.8 Å². The lowest BCUT2D eigenvalue weighted by molar-refractivity contribution is 0.0927. The maximum absolute atomic E-state index is 12.7. The molecule has 1 fully saturated rings. The van der Waals surface area contributed by atoms with E-state index in [4.69, 9.17) is 4.74 Å². The predicted octanol–water partition coefficient (Wildman–Crippen LogP) is 1.88. The third-order valence-corrected chi connectivity index (χ3v) is 5.20. The topological polar surface area (TPSA) is 82.3 Å². The van der Waals surface area contributed by atoms with E-state index in [1.807, 2.05) is 18.2 Å². The van der Waals surface area contributed by atoms with Gasteiger partial charge in [-0.2, -0.15) is 5.10 Å². The van der Waals surface area contributed by atoms with Gasteiger partial charge in [0.2, 0.25) is 0 Å². The zero-order valence-corrected chi connectivity index (χ0v) is 16.3. The number of nitrogens with one attached hydrogen (secondary N) is 3. The number of amides is 1. The minimum Gasteiger partial charge on any atom is -0.497 e. The van der Waals surface area contributed by atoms with Crippen molar-refractivity contribution >= 4 is 24.0 Å². The van der Waals surface area contributed by atoms with Crippen molar-refractivity contribution in [1.82, 2.24) is 20.8 Å². The minimum atomic E-state index is -0.0799. The zero-order chi connectivity index (χ0) is 17.9. The molecule has 2 aliphatic rings. The summed E-state index contributed by atoms with van der Waals surface area (Å²) >= 11 is 0. The fraction of sp³-hybridized carbons (Fsp3) is 0.474. The Kier molecular flexibility index (Phi) is 6.23. The number of aromatic nitrogens is 2. The summed E-state index contributed by atoms with van der Waals surface area (Å²) in [6.45, 7) is 3.41. The Morgan fingerprint density at radius 1 is 1.41 bits per heavy atom.